The smallest absolute Gasteiger partial charge is 0.243 e. The minimum absolute atomic E-state index is 0.224. The van der Waals surface area contributed by atoms with E-state index in [-0.39, 0.29) is 6.10 Å². The number of hydrogen-bond donors (Lipinski definition) is 0. The minimum atomic E-state index is -3.47. The predicted octanol–water partition coefficient (Wildman–Crippen LogP) is 3.57. The summed E-state index contributed by atoms with van der Waals surface area (Å²) in [5.41, 5.74) is 2.29. The lowest BCUT2D eigenvalue weighted by Crippen LogP contribution is -2.42. The molecule has 1 aliphatic rings. The first-order chi connectivity index (χ1) is 11.5. The van der Waals surface area contributed by atoms with Crippen LogP contribution < -0.4 is 0 Å². The molecule has 2 aromatic carbocycles. The standard InChI is InChI=1S/C19H23NO3S/c1-15(2)16-8-10-17(11-9-16)19-14-20(12-13-23-19)24(21,22)18-6-4-3-5-7-18/h3-11,15,19H,12-14H2,1-2H3. The van der Waals surface area contributed by atoms with E-state index in [4.69, 9.17) is 4.74 Å². The molecule has 3 rings (SSSR count). The molecule has 0 bridgehead atoms. The maximum Gasteiger partial charge on any atom is 0.243 e. The van der Waals surface area contributed by atoms with Gasteiger partial charge in [-0.05, 0) is 29.2 Å². The van der Waals surface area contributed by atoms with Gasteiger partial charge in [0, 0.05) is 13.1 Å². The molecule has 1 heterocycles. The van der Waals surface area contributed by atoms with Crippen molar-refractivity contribution in [3.8, 4) is 0 Å². The van der Waals surface area contributed by atoms with Crippen molar-refractivity contribution in [2.45, 2.75) is 30.8 Å². The second-order valence-corrected chi connectivity index (χ2v) is 8.29. The van der Waals surface area contributed by atoms with E-state index >= 15 is 0 Å². The highest BCUT2D eigenvalue weighted by Crippen LogP contribution is 2.27. The van der Waals surface area contributed by atoms with Crippen molar-refractivity contribution >= 4 is 10.0 Å². The zero-order chi connectivity index (χ0) is 17.2. The van der Waals surface area contributed by atoms with E-state index in [1.807, 2.05) is 18.2 Å². The quantitative estimate of drug-likeness (QED) is 0.851. The number of morpholine rings is 1. The van der Waals surface area contributed by atoms with Crippen molar-refractivity contribution in [2.24, 2.45) is 0 Å². The summed E-state index contributed by atoms with van der Waals surface area (Å²) >= 11 is 0. The Morgan fingerprint density at radius 3 is 2.33 bits per heavy atom. The Morgan fingerprint density at radius 2 is 1.71 bits per heavy atom. The van der Waals surface area contributed by atoms with Crippen LogP contribution >= 0.6 is 0 Å². The summed E-state index contributed by atoms with van der Waals surface area (Å²) in [5, 5.41) is 0. The third kappa shape index (κ3) is 3.53. The predicted molar refractivity (Wildman–Crippen MR) is 94.4 cm³/mol. The lowest BCUT2D eigenvalue weighted by molar-refractivity contribution is -0.00256. The van der Waals surface area contributed by atoms with E-state index in [1.165, 1.54) is 9.87 Å². The fourth-order valence-corrected chi connectivity index (χ4v) is 4.33. The molecule has 0 spiro atoms. The Hall–Kier alpha value is -1.69. The Kier molecular flexibility index (Phi) is 5.04. The van der Waals surface area contributed by atoms with E-state index in [0.29, 0.717) is 30.5 Å². The number of ether oxygens (including phenoxy) is 1. The van der Waals surface area contributed by atoms with Crippen LogP contribution in [0.25, 0.3) is 0 Å². The van der Waals surface area contributed by atoms with Crippen LogP contribution in [0.4, 0.5) is 0 Å². The molecule has 0 aromatic heterocycles. The fourth-order valence-electron chi connectivity index (χ4n) is 2.88. The first kappa shape index (κ1) is 17.1. The van der Waals surface area contributed by atoms with E-state index in [9.17, 15) is 8.42 Å². The van der Waals surface area contributed by atoms with Gasteiger partial charge in [-0.15, -0.1) is 0 Å². The molecule has 4 nitrogen and oxygen atoms in total. The molecule has 0 saturated carbocycles. The van der Waals surface area contributed by atoms with E-state index in [2.05, 4.69) is 26.0 Å². The van der Waals surface area contributed by atoms with Crippen LogP contribution in [0.1, 0.15) is 37.0 Å². The normalized spacial score (nSPS) is 19.5. The SMILES string of the molecule is CC(C)c1ccc(C2CN(S(=O)(=O)c3ccccc3)CCO2)cc1. The molecule has 2 aromatic rings. The van der Waals surface area contributed by atoms with Crippen molar-refractivity contribution < 1.29 is 13.2 Å². The van der Waals surface area contributed by atoms with Gasteiger partial charge in [-0.1, -0.05) is 56.3 Å². The van der Waals surface area contributed by atoms with Gasteiger partial charge in [-0.25, -0.2) is 8.42 Å². The van der Waals surface area contributed by atoms with Gasteiger partial charge in [0.2, 0.25) is 10.0 Å². The fraction of sp³-hybridized carbons (Fsp3) is 0.368. The van der Waals surface area contributed by atoms with Gasteiger partial charge in [-0.3, -0.25) is 0 Å². The number of benzene rings is 2. The van der Waals surface area contributed by atoms with Crippen LogP contribution in [0.3, 0.4) is 0 Å². The third-order valence-corrected chi connectivity index (χ3v) is 6.26. The summed E-state index contributed by atoms with van der Waals surface area (Å²) in [6, 6.07) is 16.8. The van der Waals surface area contributed by atoms with Crippen LogP contribution in [0.5, 0.6) is 0 Å². The molecule has 0 radical (unpaired) electrons. The molecule has 128 valence electrons. The topological polar surface area (TPSA) is 46.6 Å². The van der Waals surface area contributed by atoms with Crippen molar-refractivity contribution in [1.82, 2.24) is 4.31 Å². The minimum Gasteiger partial charge on any atom is -0.371 e. The third-order valence-electron chi connectivity index (χ3n) is 4.39. The highest BCUT2D eigenvalue weighted by molar-refractivity contribution is 7.89. The monoisotopic (exact) mass is 345 g/mol. The molecule has 1 saturated heterocycles. The van der Waals surface area contributed by atoms with E-state index < -0.39 is 10.0 Å². The molecule has 1 unspecified atom stereocenters. The first-order valence-electron chi connectivity index (χ1n) is 8.25. The average Bonchev–Trinajstić information content (AvgIpc) is 2.62. The summed E-state index contributed by atoms with van der Waals surface area (Å²) in [5.74, 6) is 0.473. The van der Waals surface area contributed by atoms with E-state index in [1.54, 1.807) is 24.3 Å². The average molecular weight is 345 g/mol. The summed E-state index contributed by atoms with van der Waals surface area (Å²) in [6.07, 6.45) is -0.224. The maximum absolute atomic E-state index is 12.8. The Morgan fingerprint density at radius 1 is 1.04 bits per heavy atom. The summed E-state index contributed by atoms with van der Waals surface area (Å²) in [6.45, 7) is 5.44. The van der Waals surface area contributed by atoms with Gasteiger partial charge >= 0.3 is 0 Å². The Labute approximate surface area is 144 Å². The molecule has 1 fully saturated rings. The maximum atomic E-state index is 12.8. The van der Waals surface area contributed by atoms with Gasteiger partial charge in [0.05, 0.1) is 17.6 Å². The Balaban J connectivity index is 1.79. The van der Waals surface area contributed by atoms with Crippen molar-refractivity contribution in [2.75, 3.05) is 19.7 Å². The number of hydrogen-bond acceptors (Lipinski definition) is 3. The van der Waals surface area contributed by atoms with Gasteiger partial charge in [0.1, 0.15) is 0 Å². The molecule has 24 heavy (non-hydrogen) atoms. The highest BCUT2D eigenvalue weighted by Gasteiger charge is 2.31. The van der Waals surface area contributed by atoms with Gasteiger partial charge in [0.15, 0.2) is 0 Å². The lowest BCUT2D eigenvalue weighted by atomic mass is 10.00. The van der Waals surface area contributed by atoms with Gasteiger partial charge in [-0.2, -0.15) is 4.31 Å². The lowest BCUT2D eigenvalue weighted by Gasteiger charge is -2.32. The molecular formula is C19H23NO3S. The van der Waals surface area contributed by atoms with Gasteiger partial charge < -0.3 is 4.74 Å². The van der Waals surface area contributed by atoms with Crippen molar-refractivity contribution in [1.29, 1.82) is 0 Å². The molecule has 0 amide bonds. The molecule has 1 atom stereocenters. The highest BCUT2D eigenvalue weighted by atomic mass is 32.2. The number of sulfonamides is 1. The van der Waals surface area contributed by atoms with Crippen LogP contribution in [0.15, 0.2) is 59.5 Å². The zero-order valence-corrected chi connectivity index (χ0v) is 14.9. The number of nitrogens with zero attached hydrogens (tertiary/aromatic N) is 1. The molecule has 1 aliphatic heterocycles. The van der Waals surface area contributed by atoms with Crippen LogP contribution in [-0.4, -0.2) is 32.4 Å². The summed E-state index contributed by atoms with van der Waals surface area (Å²) < 4.78 is 32.9. The Bertz CT molecular complexity index is 770. The first-order valence-corrected chi connectivity index (χ1v) is 9.69. The van der Waals surface area contributed by atoms with Crippen LogP contribution in [0, 0.1) is 0 Å². The molecule has 5 heteroatoms. The van der Waals surface area contributed by atoms with E-state index in [0.717, 1.165) is 5.56 Å². The van der Waals surface area contributed by atoms with Crippen LogP contribution in [-0.2, 0) is 14.8 Å². The zero-order valence-electron chi connectivity index (χ0n) is 14.1. The number of rotatable bonds is 4. The van der Waals surface area contributed by atoms with Crippen molar-refractivity contribution in [3.05, 3.63) is 65.7 Å². The van der Waals surface area contributed by atoms with Gasteiger partial charge in [0.25, 0.3) is 0 Å². The van der Waals surface area contributed by atoms with Crippen molar-refractivity contribution in [3.63, 3.8) is 0 Å². The van der Waals surface area contributed by atoms with Crippen LogP contribution in [0.2, 0.25) is 0 Å². The molecule has 0 aliphatic carbocycles. The summed E-state index contributed by atoms with van der Waals surface area (Å²) in [7, 11) is -3.47. The molecule has 0 N–H and O–H groups in total. The summed E-state index contributed by atoms with van der Waals surface area (Å²) in [4.78, 5) is 0.334. The second-order valence-electron chi connectivity index (χ2n) is 6.36. The largest absolute Gasteiger partial charge is 0.371 e. The second kappa shape index (κ2) is 7.05. The molecular weight excluding hydrogens is 322 g/mol.